The maximum atomic E-state index is 12.0. The largest absolute Gasteiger partial charge is 0.494 e. The summed E-state index contributed by atoms with van der Waals surface area (Å²) in [6.07, 6.45) is 0.888. The molecule has 4 atom stereocenters. The Kier molecular flexibility index (Phi) is 2.79. The van der Waals surface area contributed by atoms with Crippen LogP contribution in [0.15, 0.2) is 16.9 Å². The number of carbonyl (C=O) groups excluding carboxylic acids is 1. The van der Waals surface area contributed by atoms with E-state index < -0.39 is 11.5 Å². The van der Waals surface area contributed by atoms with Crippen LogP contribution >= 0.6 is 0 Å². The van der Waals surface area contributed by atoms with E-state index in [0.717, 1.165) is 12.5 Å². The van der Waals surface area contributed by atoms with E-state index in [1.165, 1.54) is 6.07 Å². The Hall–Kier alpha value is -1.86. The lowest BCUT2D eigenvalue weighted by atomic mass is 9.72. The molecule has 7 nitrogen and oxygen atoms in total. The van der Waals surface area contributed by atoms with E-state index in [9.17, 15) is 14.7 Å². The van der Waals surface area contributed by atoms with Gasteiger partial charge in [0, 0.05) is 30.7 Å². The number of hydrogen-bond donors (Lipinski definition) is 4. The summed E-state index contributed by atoms with van der Waals surface area (Å²) in [6, 6.07) is 1.98. The Morgan fingerprint density at radius 1 is 1.53 bits per heavy atom. The first kappa shape index (κ1) is 12.2. The predicted molar refractivity (Wildman–Crippen MR) is 65.8 cm³/mol. The van der Waals surface area contributed by atoms with Gasteiger partial charge >= 0.3 is 0 Å². The van der Waals surface area contributed by atoms with E-state index in [-0.39, 0.29) is 29.6 Å². The van der Waals surface area contributed by atoms with E-state index in [4.69, 9.17) is 10.5 Å². The molecule has 102 valence electrons. The van der Waals surface area contributed by atoms with Crippen LogP contribution in [0.5, 0.6) is 5.88 Å². The first-order valence-corrected chi connectivity index (χ1v) is 6.17. The molecule has 5 N–H and O–H groups in total. The van der Waals surface area contributed by atoms with Crippen molar-refractivity contribution >= 4 is 5.91 Å². The van der Waals surface area contributed by atoms with Crippen LogP contribution in [0.3, 0.4) is 0 Å². The van der Waals surface area contributed by atoms with Gasteiger partial charge in [0.1, 0.15) is 0 Å². The molecule has 0 bridgehead atoms. The number of aromatic hydroxyl groups is 1. The Balaban J connectivity index is 1.73. The summed E-state index contributed by atoms with van der Waals surface area (Å²) in [5, 5.41) is 12.0. The summed E-state index contributed by atoms with van der Waals surface area (Å²) in [5.74, 6) is -0.473. The highest BCUT2D eigenvalue weighted by atomic mass is 16.5. The Morgan fingerprint density at radius 2 is 2.32 bits per heavy atom. The molecule has 1 saturated heterocycles. The van der Waals surface area contributed by atoms with Gasteiger partial charge in [0.25, 0.3) is 11.5 Å². The number of H-pyrrole nitrogens is 1. The highest BCUT2D eigenvalue weighted by molar-refractivity contribution is 5.94. The van der Waals surface area contributed by atoms with E-state index >= 15 is 0 Å². The minimum atomic E-state index is -0.530. The molecular formula is C12H15N3O4. The van der Waals surface area contributed by atoms with Crippen molar-refractivity contribution in [1.82, 2.24) is 10.3 Å². The minimum absolute atomic E-state index is 0.0328. The number of pyridine rings is 1. The average Bonchev–Trinajstić information content (AvgIpc) is 2.79. The normalized spacial score (nSPS) is 32.5. The van der Waals surface area contributed by atoms with Crippen LogP contribution in [0.25, 0.3) is 0 Å². The van der Waals surface area contributed by atoms with Crippen molar-refractivity contribution in [2.45, 2.75) is 24.6 Å². The van der Waals surface area contributed by atoms with Gasteiger partial charge in [0.05, 0.1) is 17.7 Å². The zero-order valence-electron chi connectivity index (χ0n) is 10.1. The summed E-state index contributed by atoms with van der Waals surface area (Å²) >= 11 is 0. The fourth-order valence-corrected chi connectivity index (χ4v) is 2.82. The van der Waals surface area contributed by atoms with Gasteiger partial charge in [-0.1, -0.05) is 0 Å². The molecule has 7 heteroatoms. The molecule has 1 aliphatic carbocycles. The molecule has 0 radical (unpaired) electrons. The zero-order chi connectivity index (χ0) is 13.6. The van der Waals surface area contributed by atoms with Crippen molar-refractivity contribution in [2.24, 2.45) is 11.7 Å². The molecule has 4 unspecified atom stereocenters. The van der Waals surface area contributed by atoms with Crippen LogP contribution in [0.1, 0.15) is 16.8 Å². The molecule has 1 aromatic heterocycles. The number of hydrogen-bond acceptors (Lipinski definition) is 5. The molecule has 2 heterocycles. The number of nitrogens with one attached hydrogen (secondary N) is 2. The van der Waals surface area contributed by atoms with Gasteiger partial charge in [-0.15, -0.1) is 0 Å². The summed E-state index contributed by atoms with van der Waals surface area (Å²) in [6.45, 7) is 0.668. The number of aromatic nitrogens is 1. The second-order valence-electron chi connectivity index (χ2n) is 4.98. The molecule has 2 aliphatic rings. The molecule has 0 spiro atoms. The fraction of sp³-hybridized carbons (Fsp3) is 0.500. The summed E-state index contributed by atoms with van der Waals surface area (Å²) in [7, 11) is 0. The smallest absolute Gasteiger partial charge is 0.252 e. The minimum Gasteiger partial charge on any atom is -0.494 e. The first-order chi connectivity index (χ1) is 9.06. The summed E-state index contributed by atoms with van der Waals surface area (Å²) < 4.78 is 5.51. The van der Waals surface area contributed by atoms with E-state index in [0.29, 0.717) is 12.5 Å². The summed E-state index contributed by atoms with van der Waals surface area (Å²) in [4.78, 5) is 25.4. The van der Waals surface area contributed by atoms with Gasteiger partial charge < -0.3 is 20.9 Å². The van der Waals surface area contributed by atoms with Crippen molar-refractivity contribution in [3.05, 3.63) is 28.0 Å². The number of aromatic amines is 1. The molecular weight excluding hydrogens is 250 g/mol. The van der Waals surface area contributed by atoms with E-state index in [2.05, 4.69) is 10.3 Å². The SMILES string of the molecule is NC1C2CCOC2C1NC(=O)c1cc(O)[nH]c(=O)c1. The second kappa shape index (κ2) is 4.36. The van der Waals surface area contributed by atoms with Crippen LogP contribution in [0, 0.1) is 5.92 Å². The number of ether oxygens (including phenoxy) is 1. The zero-order valence-corrected chi connectivity index (χ0v) is 10.1. The third-order valence-electron chi connectivity index (χ3n) is 3.84. The van der Waals surface area contributed by atoms with Crippen molar-refractivity contribution < 1.29 is 14.6 Å². The lowest BCUT2D eigenvalue weighted by Gasteiger charge is -2.45. The van der Waals surface area contributed by atoms with Gasteiger partial charge in [-0.05, 0) is 6.42 Å². The van der Waals surface area contributed by atoms with Crippen LogP contribution in [0.4, 0.5) is 0 Å². The van der Waals surface area contributed by atoms with Crippen molar-refractivity contribution in [2.75, 3.05) is 6.61 Å². The van der Waals surface area contributed by atoms with Gasteiger partial charge in [-0.3, -0.25) is 14.6 Å². The molecule has 2 fully saturated rings. The van der Waals surface area contributed by atoms with Gasteiger partial charge in [0.15, 0.2) is 5.88 Å². The van der Waals surface area contributed by atoms with Crippen molar-refractivity contribution in [3.63, 3.8) is 0 Å². The third-order valence-corrected chi connectivity index (χ3v) is 3.84. The lowest BCUT2D eigenvalue weighted by Crippen LogP contribution is -2.68. The van der Waals surface area contributed by atoms with E-state index in [1.807, 2.05) is 0 Å². The standard InChI is InChI=1S/C12H15N3O4/c13-9-6-1-2-19-11(6)10(9)15-12(18)5-3-7(16)14-8(17)4-5/h3-4,6,9-11H,1-2,13H2,(H,15,18)(H2,14,16,17). The molecule has 1 aliphatic heterocycles. The van der Waals surface area contributed by atoms with Crippen LogP contribution in [-0.4, -0.2) is 40.8 Å². The fourth-order valence-electron chi connectivity index (χ4n) is 2.82. The number of nitrogens with two attached hydrogens (primary N) is 1. The monoisotopic (exact) mass is 265 g/mol. The molecule has 19 heavy (non-hydrogen) atoms. The Morgan fingerprint density at radius 3 is 3.05 bits per heavy atom. The summed E-state index contributed by atoms with van der Waals surface area (Å²) in [5.41, 5.74) is 5.56. The quantitative estimate of drug-likeness (QED) is 0.543. The molecule has 1 amide bonds. The molecule has 3 rings (SSSR count). The van der Waals surface area contributed by atoms with Crippen molar-refractivity contribution in [3.8, 4) is 5.88 Å². The van der Waals surface area contributed by atoms with Crippen LogP contribution in [0.2, 0.25) is 0 Å². The topological polar surface area (TPSA) is 117 Å². The van der Waals surface area contributed by atoms with Crippen molar-refractivity contribution in [1.29, 1.82) is 0 Å². The molecule has 1 aromatic rings. The van der Waals surface area contributed by atoms with Gasteiger partial charge in [-0.25, -0.2) is 0 Å². The lowest BCUT2D eigenvalue weighted by molar-refractivity contribution is -0.0161. The maximum absolute atomic E-state index is 12.0. The predicted octanol–water partition coefficient (Wildman–Crippen LogP) is -1.08. The molecule has 1 saturated carbocycles. The number of amides is 1. The number of fused-ring (bicyclic) bond motifs is 1. The highest BCUT2D eigenvalue weighted by Gasteiger charge is 2.52. The number of carbonyl (C=O) groups is 1. The average molecular weight is 265 g/mol. The molecule has 0 aromatic carbocycles. The third kappa shape index (κ3) is 2.00. The maximum Gasteiger partial charge on any atom is 0.252 e. The Bertz CT molecular complexity index is 570. The first-order valence-electron chi connectivity index (χ1n) is 6.17. The van der Waals surface area contributed by atoms with E-state index in [1.54, 1.807) is 0 Å². The Labute approximate surface area is 108 Å². The highest BCUT2D eigenvalue weighted by Crippen LogP contribution is 2.37. The van der Waals surface area contributed by atoms with Gasteiger partial charge in [0.2, 0.25) is 0 Å². The van der Waals surface area contributed by atoms with Crippen LogP contribution < -0.4 is 16.6 Å². The van der Waals surface area contributed by atoms with Gasteiger partial charge in [-0.2, -0.15) is 0 Å². The second-order valence-corrected chi connectivity index (χ2v) is 4.98. The van der Waals surface area contributed by atoms with Crippen LogP contribution in [-0.2, 0) is 4.74 Å². The number of rotatable bonds is 2.